The van der Waals surface area contributed by atoms with Crippen LogP contribution in [-0.2, 0) is 11.3 Å². The van der Waals surface area contributed by atoms with Crippen LogP contribution in [0.25, 0.3) is 10.9 Å². The average molecular weight is 639 g/mol. The van der Waals surface area contributed by atoms with Crippen LogP contribution in [-0.4, -0.2) is 67.3 Å². The molecule has 1 fully saturated rings. The van der Waals surface area contributed by atoms with Crippen molar-refractivity contribution in [3.63, 3.8) is 0 Å². The standard InChI is InChI=1S/C36H35FN4O6/c1-44-33-22-28-30(23-34(33)46-18-6-15-40-16-19-45-20-17-40)38-14-12-31(28)47-32-11-10-26(21-29(32)37)41(24-25-7-3-2-4-8-25)36(43)27-9-5-13-39-35(27)42/h2-5,7-14,21-23H,6,15-20,24H2,1H3,(H,39,42). The van der Waals surface area contributed by atoms with Crippen molar-refractivity contribution < 1.29 is 28.1 Å². The molecule has 1 amide bonds. The van der Waals surface area contributed by atoms with Crippen molar-refractivity contribution in [3.8, 4) is 23.0 Å². The van der Waals surface area contributed by atoms with E-state index in [0.29, 0.717) is 34.8 Å². The van der Waals surface area contributed by atoms with Crippen LogP contribution in [0.4, 0.5) is 10.1 Å². The van der Waals surface area contributed by atoms with Gasteiger partial charge in [-0.1, -0.05) is 30.3 Å². The van der Waals surface area contributed by atoms with Crippen LogP contribution in [0.2, 0.25) is 0 Å². The van der Waals surface area contributed by atoms with Gasteiger partial charge in [-0.3, -0.25) is 19.5 Å². The minimum absolute atomic E-state index is 0.0478. The first-order chi connectivity index (χ1) is 23.0. The Morgan fingerprint density at radius 3 is 2.57 bits per heavy atom. The van der Waals surface area contributed by atoms with Crippen LogP contribution in [0, 0.1) is 5.82 Å². The SMILES string of the molecule is COc1cc2c(Oc3ccc(N(Cc4ccccc4)C(=O)c4ccc[nH]c4=O)cc3F)ccnc2cc1OCCCN1CCOCC1. The number of benzene rings is 3. The van der Waals surface area contributed by atoms with Gasteiger partial charge in [0.15, 0.2) is 23.1 Å². The van der Waals surface area contributed by atoms with E-state index in [0.717, 1.165) is 44.8 Å². The molecular formula is C36H35FN4O6. The first-order valence-electron chi connectivity index (χ1n) is 15.4. The molecule has 1 N–H and O–H groups in total. The summed E-state index contributed by atoms with van der Waals surface area (Å²) in [6.07, 6.45) is 3.88. The van der Waals surface area contributed by atoms with E-state index in [9.17, 15) is 9.59 Å². The number of aromatic amines is 1. The molecule has 47 heavy (non-hydrogen) atoms. The van der Waals surface area contributed by atoms with Crippen LogP contribution in [0.3, 0.4) is 0 Å². The summed E-state index contributed by atoms with van der Waals surface area (Å²) in [7, 11) is 1.56. The molecule has 0 spiro atoms. The van der Waals surface area contributed by atoms with Gasteiger partial charge in [0, 0.05) is 55.2 Å². The minimum atomic E-state index is -0.688. The van der Waals surface area contributed by atoms with Gasteiger partial charge >= 0.3 is 0 Å². The lowest BCUT2D eigenvalue weighted by Gasteiger charge is -2.26. The maximum atomic E-state index is 15.7. The third-order valence-corrected chi connectivity index (χ3v) is 7.89. The predicted molar refractivity (Wildman–Crippen MR) is 176 cm³/mol. The summed E-state index contributed by atoms with van der Waals surface area (Å²) in [6, 6.07) is 21.7. The Morgan fingerprint density at radius 2 is 1.81 bits per heavy atom. The molecule has 0 atom stereocenters. The first kappa shape index (κ1) is 31.7. The summed E-state index contributed by atoms with van der Waals surface area (Å²) in [5, 5.41) is 0.609. The maximum absolute atomic E-state index is 15.7. The van der Waals surface area contributed by atoms with E-state index in [1.807, 2.05) is 30.3 Å². The summed E-state index contributed by atoms with van der Waals surface area (Å²) < 4.78 is 38.8. The van der Waals surface area contributed by atoms with Crippen LogP contribution in [0.5, 0.6) is 23.0 Å². The van der Waals surface area contributed by atoms with E-state index < -0.39 is 17.3 Å². The number of ether oxygens (including phenoxy) is 4. The molecule has 3 aromatic carbocycles. The number of rotatable bonds is 12. The Bertz CT molecular complexity index is 1890. The monoisotopic (exact) mass is 638 g/mol. The summed E-state index contributed by atoms with van der Waals surface area (Å²) in [4.78, 5) is 36.7. The largest absolute Gasteiger partial charge is 0.493 e. The average Bonchev–Trinajstić information content (AvgIpc) is 3.10. The number of carbonyl (C=O) groups excluding carboxylic acids is 1. The number of anilines is 1. The van der Waals surface area contributed by atoms with Gasteiger partial charge in [0.05, 0.1) is 39.0 Å². The van der Waals surface area contributed by atoms with E-state index in [-0.39, 0.29) is 23.5 Å². The van der Waals surface area contributed by atoms with E-state index in [4.69, 9.17) is 18.9 Å². The van der Waals surface area contributed by atoms with Crippen molar-refractivity contribution in [2.24, 2.45) is 0 Å². The zero-order chi connectivity index (χ0) is 32.6. The molecule has 3 heterocycles. The van der Waals surface area contributed by atoms with Crippen LogP contribution in [0.1, 0.15) is 22.3 Å². The Labute approximate surface area is 271 Å². The number of hydrogen-bond donors (Lipinski definition) is 1. The van der Waals surface area contributed by atoms with Crippen molar-refractivity contribution >= 4 is 22.5 Å². The molecule has 2 aromatic heterocycles. The molecule has 1 saturated heterocycles. The third-order valence-electron chi connectivity index (χ3n) is 7.89. The molecule has 242 valence electrons. The summed E-state index contributed by atoms with van der Waals surface area (Å²) in [5.74, 6) is 0.133. The van der Waals surface area contributed by atoms with Crippen LogP contribution >= 0.6 is 0 Å². The highest BCUT2D eigenvalue weighted by atomic mass is 19.1. The number of H-pyrrole nitrogens is 1. The van der Waals surface area contributed by atoms with Gasteiger partial charge in [-0.15, -0.1) is 0 Å². The fraction of sp³-hybridized carbons (Fsp3) is 0.250. The number of methoxy groups -OCH3 is 1. The van der Waals surface area contributed by atoms with E-state index in [2.05, 4.69) is 14.9 Å². The van der Waals surface area contributed by atoms with E-state index in [1.165, 1.54) is 29.3 Å². The summed E-state index contributed by atoms with van der Waals surface area (Å²) in [6.45, 7) is 4.92. The van der Waals surface area contributed by atoms with Crippen LogP contribution < -0.4 is 24.7 Å². The number of nitrogens with zero attached hydrogens (tertiary/aromatic N) is 3. The molecule has 0 radical (unpaired) electrons. The molecule has 0 saturated carbocycles. The topological polar surface area (TPSA) is 106 Å². The number of halogens is 1. The van der Waals surface area contributed by atoms with E-state index in [1.54, 1.807) is 43.6 Å². The zero-order valence-electron chi connectivity index (χ0n) is 26.0. The normalized spacial score (nSPS) is 13.3. The fourth-order valence-corrected chi connectivity index (χ4v) is 5.43. The molecule has 0 unspecified atom stereocenters. The quantitative estimate of drug-likeness (QED) is 0.171. The minimum Gasteiger partial charge on any atom is -0.493 e. The summed E-state index contributed by atoms with van der Waals surface area (Å²) in [5.41, 5.74) is 1.09. The lowest BCUT2D eigenvalue weighted by atomic mass is 10.1. The highest BCUT2D eigenvalue weighted by molar-refractivity contribution is 6.05. The Hall–Kier alpha value is -5.26. The molecule has 11 heteroatoms. The first-order valence-corrected chi connectivity index (χ1v) is 15.4. The number of aromatic nitrogens is 2. The molecule has 0 bridgehead atoms. The lowest BCUT2D eigenvalue weighted by molar-refractivity contribution is 0.0357. The number of amides is 1. The smallest absolute Gasteiger partial charge is 0.264 e. The van der Waals surface area contributed by atoms with Crippen molar-refractivity contribution in [1.82, 2.24) is 14.9 Å². The van der Waals surface area contributed by atoms with Gasteiger partial charge in [0.25, 0.3) is 11.5 Å². The number of nitrogens with one attached hydrogen (secondary N) is 1. The zero-order valence-corrected chi connectivity index (χ0v) is 26.0. The number of pyridine rings is 2. The molecule has 5 aromatic rings. The second-order valence-corrected chi connectivity index (χ2v) is 11.0. The highest BCUT2D eigenvalue weighted by Gasteiger charge is 2.23. The number of fused-ring (bicyclic) bond motifs is 1. The predicted octanol–water partition coefficient (Wildman–Crippen LogP) is 5.81. The molecule has 10 nitrogen and oxygen atoms in total. The molecule has 1 aliphatic heterocycles. The Morgan fingerprint density at radius 1 is 0.979 bits per heavy atom. The van der Waals surface area contributed by atoms with Gasteiger partial charge in [-0.25, -0.2) is 4.39 Å². The molecule has 6 rings (SSSR count). The van der Waals surface area contributed by atoms with Gasteiger partial charge < -0.3 is 28.8 Å². The van der Waals surface area contributed by atoms with Crippen molar-refractivity contribution in [2.75, 3.05) is 51.5 Å². The molecular weight excluding hydrogens is 603 g/mol. The Kier molecular flexibility index (Phi) is 10.0. The van der Waals surface area contributed by atoms with E-state index >= 15 is 4.39 Å². The van der Waals surface area contributed by atoms with Gasteiger partial charge in [-0.05, 0) is 48.4 Å². The second kappa shape index (κ2) is 14.9. The summed E-state index contributed by atoms with van der Waals surface area (Å²) >= 11 is 0. The fourth-order valence-electron chi connectivity index (χ4n) is 5.43. The number of carbonyl (C=O) groups is 1. The molecule has 1 aliphatic rings. The van der Waals surface area contributed by atoms with Gasteiger partial charge in [-0.2, -0.15) is 0 Å². The van der Waals surface area contributed by atoms with Crippen LogP contribution in [0.15, 0.2) is 96.1 Å². The second-order valence-electron chi connectivity index (χ2n) is 11.0. The highest BCUT2D eigenvalue weighted by Crippen LogP contribution is 2.38. The lowest BCUT2D eigenvalue weighted by Crippen LogP contribution is -2.37. The van der Waals surface area contributed by atoms with Crippen molar-refractivity contribution in [2.45, 2.75) is 13.0 Å². The van der Waals surface area contributed by atoms with Gasteiger partial charge in [0.1, 0.15) is 11.3 Å². The maximum Gasteiger partial charge on any atom is 0.264 e. The Balaban J connectivity index is 1.22. The van der Waals surface area contributed by atoms with Crippen molar-refractivity contribution in [3.05, 3.63) is 119 Å². The van der Waals surface area contributed by atoms with Crippen molar-refractivity contribution in [1.29, 1.82) is 0 Å². The van der Waals surface area contributed by atoms with Gasteiger partial charge in [0.2, 0.25) is 0 Å². The number of hydrogen-bond acceptors (Lipinski definition) is 8. The third kappa shape index (κ3) is 7.59. The number of morpholine rings is 1. The molecule has 0 aliphatic carbocycles.